The molecule has 0 aromatic carbocycles. The number of halogens is 1. The van der Waals surface area contributed by atoms with Gasteiger partial charge in [-0.25, -0.2) is 0 Å². The Morgan fingerprint density at radius 1 is 1.23 bits per heavy atom. The first-order valence-corrected chi connectivity index (χ1v) is 3.64. The van der Waals surface area contributed by atoms with Crippen molar-refractivity contribution in [3.8, 4) is 0 Å². The molecule has 6 nitrogen and oxygen atoms in total. The third-order valence-corrected chi connectivity index (χ3v) is 1.95. The zero-order valence-corrected chi connectivity index (χ0v) is 7.59. The summed E-state index contributed by atoms with van der Waals surface area (Å²) in [5, 5.41) is 36.1. The molecule has 1 fully saturated rings. The Hall–Kier alpha value is 0.0500. The van der Waals surface area contributed by atoms with Crippen LogP contribution in [-0.4, -0.2) is 57.7 Å². The molecule has 1 rings (SSSR count). The highest BCUT2D eigenvalue weighted by Gasteiger charge is 2.41. The molecule has 0 aliphatic carbocycles. The van der Waals surface area contributed by atoms with Crippen molar-refractivity contribution >= 4 is 12.4 Å². The van der Waals surface area contributed by atoms with Crippen LogP contribution in [0.5, 0.6) is 0 Å². The molecule has 0 spiro atoms. The predicted octanol–water partition coefficient (Wildman–Crippen LogP) is -1.60. The van der Waals surface area contributed by atoms with Crippen LogP contribution < -0.4 is 5.73 Å². The fourth-order valence-corrected chi connectivity index (χ4v) is 1.12. The Morgan fingerprint density at radius 3 is 2.23 bits per heavy atom. The lowest BCUT2D eigenvalue weighted by atomic mass is 9.98. The molecule has 7 heteroatoms. The van der Waals surface area contributed by atoms with E-state index < -0.39 is 37.3 Å². The number of rotatable bonds is 1. The Kier molecular flexibility index (Phi) is 5.08. The quantitative estimate of drug-likeness (QED) is 0.367. The van der Waals surface area contributed by atoms with Gasteiger partial charge in [-0.2, -0.15) is 0 Å². The van der Waals surface area contributed by atoms with Gasteiger partial charge in [0.15, 0.2) is 6.29 Å². The van der Waals surface area contributed by atoms with E-state index in [-0.39, 0.29) is 19.5 Å². The van der Waals surface area contributed by atoms with Crippen LogP contribution in [-0.2, 0) is 4.74 Å². The average Bonchev–Trinajstić information content (AvgIpc) is 2.08. The first-order chi connectivity index (χ1) is 5.57. The van der Waals surface area contributed by atoms with E-state index in [2.05, 4.69) is 0 Å². The highest BCUT2D eigenvalue weighted by molar-refractivity contribution is 5.85. The van der Waals surface area contributed by atoms with Crippen LogP contribution in [0, 0.1) is 0 Å². The molecule has 1 heterocycles. The summed E-state index contributed by atoms with van der Waals surface area (Å²) in [7, 11) is 0. The van der Waals surface area contributed by atoms with E-state index in [0.717, 1.165) is 0 Å². The lowest BCUT2D eigenvalue weighted by Crippen LogP contribution is -2.61. The Balaban J connectivity index is -0.0000000600. The van der Waals surface area contributed by atoms with E-state index in [9.17, 15) is 10.2 Å². The third kappa shape index (κ3) is 2.50. The standard InChI is InChI=1S/C6H13NO5.ClH.5H2/c7-3-5(10)4(9)2(1-8)12-6(3)11;;;;;;/h2-6,8-11H,1,7H2;6*1H/t2-,3-,4-,5-,6-;;;;;;/m0....../s1. The van der Waals surface area contributed by atoms with Crippen molar-refractivity contribution < 1.29 is 32.3 Å². The van der Waals surface area contributed by atoms with Crippen molar-refractivity contribution in [1.29, 1.82) is 0 Å². The van der Waals surface area contributed by atoms with Crippen LogP contribution in [0.15, 0.2) is 0 Å². The summed E-state index contributed by atoms with van der Waals surface area (Å²) in [6.07, 6.45) is -4.85. The minimum absolute atomic E-state index is 0. The molecule has 90 valence electrons. The van der Waals surface area contributed by atoms with Gasteiger partial charge in [-0.15, -0.1) is 12.4 Å². The maximum atomic E-state index is 9.20. The van der Waals surface area contributed by atoms with Crippen molar-refractivity contribution in [3.63, 3.8) is 0 Å². The van der Waals surface area contributed by atoms with Crippen molar-refractivity contribution in [1.82, 2.24) is 0 Å². The van der Waals surface area contributed by atoms with E-state index in [0.29, 0.717) is 0 Å². The van der Waals surface area contributed by atoms with E-state index in [1.165, 1.54) is 0 Å². The lowest BCUT2D eigenvalue weighted by molar-refractivity contribution is -0.248. The van der Waals surface area contributed by atoms with Crippen LogP contribution in [0.1, 0.15) is 7.13 Å². The molecule has 0 aromatic rings. The molecule has 1 aliphatic heterocycles. The number of hydrogen-bond donors (Lipinski definition) is 5. The van der Waals surface area contributed by atoms with Crippen molar-refractivity contribution in [2.24, 2.45) is 5.73 Å². The normalized spacial score (nSPS) is 45.5. The molecule has 6 N–H and O–H groups in total. The summed E-state index contributed by atoms with van der Waals surface area (Å²) >= 11 is 0. The van der Waals surface area contributed by atoms with Crippen molar-refractivity contribution in [3.05, 3.63) is 0 Å². The minimum Gasteiger partial charge on any atom is -0.394 e. The zero-order chi connectivity index (χ0) is 9.30. The van der Waals surface area contributed by atoms with E-state index in [1.54, 1.807) is 0 Å². The van der Waals surface area contributed by atoms with Gasteiger partial charge in [0.2, 0.25) is 0 Å². The van der Waals surface area contributed by atoms with E-state index >= 15 is 0 Å². The van der Waals surface area contributed by atoms with Gasteiger partial charge in [-0.1, -0.05) is 0 Å². The van der Waals surface area contributed by atoms with Gasteiger partial charge in [-0.3, -0.25) is 0 Å². The molecule has 0 amide bonds. The van der Waals surface area contributed by atoms with Crippen LogP contribution in [0.4, 0.5) is 0 Å². The Labute approximate surface area is 88.8 Å². The Morgan fingerprint density at radius 2 is 1.77 bits per heavy atom. The van der Waals surface area contributed by atoms with Crippen LogP contribution in [0.2, 0.25) is 0 Å². The van der Waals surface area contributed by atoms with Gasteiger partial charge in [-0.05, 0) is 0 Å². The second-order valence-electron chi connectivity index (χ2n) is 2.81. The molecule has 1 saturated heterocycles. The van der Waals surface area contributed by atoms with Crippen LogP contribution >= 0.6 is 12.4 Å². The van der Waals surface area contributed by atoms with Gasteiger partial charge < -0.3 is 30.9 Å². The molecule has 5 atom stereocenters. The first kappa shape index (κ1) is 13.1. The van der Waals surface area contributed by atoms with Crippen molar-refractivity contribution in [2.75, 3.05) is 6.61 Å². The summed E-state index contributed by atoms with van der Waals surface area (Å²) in [4.78, 5) is 0. The maximum Gasteiger partial charge on any atom is 0.173 e. The fourth-order valence-electron chi connectivity index (χ4n) is 1.12. The second kappa shape index (κ2) is 5.06. The highest BCUT2D eigenvalue weighted by Crippen LogP contribution is 2.17. The molecule has 0 unspecified atom stereocenters. The Bertz CT molecular complexity index is 171. The SMILES string of the molecule is Cl.N[C@H]1[C@H](O)[C@@H](O)[C@H](CO)O[C@@H]1O.[HH].[HH].[HH].[HH].[HH]. The molecule has 1 aliphatic rings. The van der Waals surface area contributed by atoms with Gasteiger partial charge in [0.05, 0.1) is 12.6 Å². The molecule has 13 heavy (non-hydrogen) atoms. The lowest BCUT2D eigenvalue weighted by Gasteiger charge is -2.38. The summed E-state index contributed by atoms with van der Waals surface area (Å²) < 4.78 is 4.70. The average molecular weight is 226 g/mol. The molecule has 0 aromatic heterocycles. The molecule has 0 saturated carbocycles. The minimum atomic E-state index is -1.35. The maximum absolute atomic E-state index is 9.20. The fraction of sp³-hybridized carbons (Fsp3) is 1.00. The van der Waals surface area contributed by atoms with Gasteiger partial charge >= 0.3 is 0 Å². The molecular weight excluding hydrogens is 202 g/mol. The summed E-state index contributed by atoms with van der Waals surface area (Å²) in [5.41, 5.74) is 5.26. The number of ether oxygens (including phenoxy) is 1. The van der Waals surface area contributed by atoms with Gasteiger partial charge in [0.1, 0.15) is 18.3 Å². The predicted molar refractivity (Wildman–Crippen MR) is 55.8 cm³/mol. The molecule has 0 bridgehead atoms. The van der Waals surface area contributed by atoms with Gasteiger partial charge in [0, 0.05) is 7.13 Å². The van der Waals surface area contributed by atoms with Crippen molar-refractivity contribution in [2.45, 2.75) is 30.6 Å². The highest BCUT2D eigenvalue weighted by atomic mass is 35.5. The van der Waals surface area contributed by atoms with E-state index in [4.69, 9.17) is 20.7 Å². The van der Waals surface area contributed by atoms with Crippen LogP contribution in [0.25, 0.3) is 0 Å². The topological polar surface area (TPSA) is 116 Å². The monoisotopic (exact) mass is 225 g/mol. The number of nitrogens with two attached hydrogens (primary N) is 1. The molecule has 0 radical (unpaired) electrons. The summed E-state index contributed by atoms with van der Waals surface area (Å²) in [5.74, 6) is 0. The largest absolute Gasteiger partial charge is 0.394 e. The van der Waals surface area contributed by atoms with E-state index in [1.807, 2.05) is 0 Å². The zero-order valence-electron chi connectivity index (χ0n) is 6.78. The molecular formula is C6H24ClNO5. The number of aliphatic hydroxyl groups is 4. The second-order valence-corrected chi connectivity index (χ2v) is 2.81. The summed E-state index contributed by atoms with van der Waals surface area (Å²) in [6.45, 7) is -0.470. The number of hydrogen-bond acceptors (Lipinski definition) is 6. The van der Waals surface area contributed by atoms with Crippen LogP contribution in [0.3, 0.4) is 0 Å². The summed E-state index contributed by atoms with van der Waals surface area (Å²) in [6, 6.07) is -1.04. The van der Waals surface area contributed by atoms with Gasteiger partial charge in [0.25, 0.3) is 0 Å². The first-order valence-electron chi connectivity index (χ1n) is 3.64. The third-order valence-electron chi connectivity index (χ3n) is 1.95. The number of aliphatic hydroxyl groups excluding tert-OH is 4. The smallest absolute Gasteiger partial charge is 0.173 e.